The van der Waals surface area contributed by atoms with E-state index in [1.54, 1.807) is 6.07 Å². The first-order chi connectivity index (χ1) is 13.5. The molecule has 0 saturated carbocycles. The van der Waals surface area contributed by atoms with Crippen LogP contribution in [0.4, 0.5) is 11.4 Å². The standard InChI is InChI=1S/C20H23N5O3/c1-23-9-11-24(12-10-23)19-8-7-18(25(27)28)14-17(19)15-21-22-20(26)13-16-5-3-2-4-6-16/h2-8,14-15H,9-13H2,1H3,(H,22,26). The highest BCUT2D eigenvalue weighted by Crippen LogP contribution is 2.25. The van der Waals surface area contributed by atoms with Gasteiger partial charge >= 0.3 is 0 Å². The second kappa shape index (κ2) is 9.09. The van der Waals surface area contributed by atoms with Gasteiger partial charge in [0.1, 0.15) is 0 Å². The highest BCUT2D eigenvalue weighted by molar-refractivity contribution is 5.90. The number of nitro groups is 1. The number of carbonyl (C=O) groups is 1. The Morgan fingerprint density at radius 1 is 1.18 bits per heavy atom. The van der Waals surface area contributed by atoms with Crippen LogP contribution in [-0.2, 0) is 11.2 Å². The number of hydrazone groups is 1. The Kier molecular flexibility index (Phi) is 6.33. The molecule has 1 N–H and O–H groups in total. The van der Waals surface area contributed by atoms with Gasteiger partial charge in [-0.1, -0.05) is 30.3 Å². The summed E-state index contributed by atoms with van der Waals surface area (Å²) in [4.78, 5) is 27.2. The minimum absolute atomic E-state index is 0.00469. The third kappa shape index (κ3) is 5.14. The van der Waals surface area contributed by atoms with Crippen LogP contribution >= 0.6 is 0 Å². The molecule has 1 heterocycles. The van der Waals surface area contributed by atoms with E-state index >= 15 is 0 Å². The van der Waals surface area contributed by atoms with E-state index in [0.29, 0.717) is 5.56 Å². The second-order valence-corrected chi connectivity index (χ2v) is 6.75. The lowest BCUT2D eigenvalue weighted by atomic mass is 10.1. The van der Waals surface area contributed by atoms with Crippen LogP contribution in [-0.4, -0.2) is 55.2 Å². The molecule has 8 nitrogen and oxygen atoms in total. The fraction of sp³-hybridized carbons (Fsp3) is 0.300. The van der Waals surface area contributed by atoms with Gasteiger partial charge in [-0.3, -0.25) is 14.9 Å². The van der Waals surface area contributed by atoms with Crippen molar-refractivity contribution in [3.05, 3.63) is 69.8 Å². The summed E-state index contributed by atoms with van der Waals surface area (Å²) in [5.74, 6) is -0.242. The Morgan fingerprint density at radius 3 is 2.57 bits per heavy atom. The summed E-state index contributed by atoms with van der Waals surface area (Å²) in [6.45, 7) is 3.49. The van der Waals surface area contributed by atoms with Crippen LogP contribution in [0.2, 0.25) is 0 Å². The highest BCUT2D eigenvalue weighted by atomic mass is 16.6. The molecule has 0 unspecified atom stereocenters. The van der Waals surface area contributed by atoms with Crippen molar-refractivity contribution in [3.8, 4) is 0 Å². The van der Waals surface area contributed by atoms with E-state index in [4.69, 9.17) is 0 Å². The fourth-order valence-corrected chi connectivity index (χ4v) is 3.09. The first-order valence-electron chi connectivity index (χ1n) is 9.10. The lowest BCUT2D eigenvalue weighted by molar-refractivity contribution is -0.384. The van der Waals surface area contributed by atoms with Gasteiger partial charge in [-0.2, -0.15) is 5.10 Å². The van der Waals surface area contributed by atoms with Gasteiger partial charge in [0.25, 0.3) is 5.69 Å². The number of carbonyl (C=O) groups excluding carboxylic acids is 1. The first-order valence-corrected chi connectivity index (χ1v) is 9.10. The van der Waals surface area contributed by atoms with Gasteiger partial charge in [0, 0.05) is 49.6 Å². The third-order valence-corrected chi connectivity index (χ3v) is 4.67. The maximum Gasteiger partial charge on any atom is 0.270 e. The van der Waals surface area contributed by atoms with Gasteiger partial charge in [-0.05, 0) is 18.7 Å². The molecule has 0 atom stereocenters. The number of piperazine rings is 1. The molecule has 2 aromatic rings. The summed E-state index contributed by atoms with van der Waals surface area (Å²) in [6, 6.07) is 14.1. The molecule has 1 aliphatic rings. The molecule has 2 aromatic carbocycles. The molecule has 1 fully saturated rings. The van der Waals surface area contributed by atoms with E-state index in [2.05, 4.69) is 27.4 Å². The van der Waals surface area contributed by atoms with Crippen molar-refractivity contribution in [1.29, 1.82) is 0 Å². The number of nitrogens with zero attached hydrogens (tertiary/aromatic N) is 4. The van der Waals surface area contributed by atoms with E-state index in [9.17, 15) is 14.9 Å². The van der Waals surface area contributed by atoms with Crippen LogP contribution in [0.5, 0.6) is 0 Å². The summed E-state index contributed by atoms with van der Waals surface area (Å²) in [5, 5.41) is 15.2. The van der Waals surface area contributed by atoms with Crippen molar-refractivity contribution in [2.75, 3.05) is 38.1 Å². The highest BCUT2D eigenvalue weighted by Gasteiger charge is 2.18. The molecule has 146 valence electrons. The maximum atomic E-state index is 12.1. The molecule has 8 heteroatoms. The molecule has 1 saturated heterocycles. The van der Waals surface area contributed by atoms with Crippen molar-refractivity contribution in [2.45, 2.75) is 6.42 Å². The number of anilines is 1. The number of rotatable bonds is 6. The zero-order chi connectivity index (χ0) is 19.9. The molecule has 1 amide bonds. The van der Waals surface area contributed by atoms with Crippen LogP contribution in [0.15, 0.2) is 53.6 Å². The maximum absolute atomic E-state index is 12.1. The topological polar surface area (TPSA) is 91.1 Å². The molecular formula is C20H23N5O3. The molecule has 0 radical (unpaired) electrons. The van der Waals surface area contributed by atoms with Crippen molar-refractivity contribution >= 4 is 23.5 Å². The first kappa shape index (κ1) is 19.5. The summed E-state index contributed by atoms with van der Waals surface area (Å²) >= 11 is 0. The van der Waals surface area contributed by atoms with Crippen molar-refractivity contribution in [2.24, 2.45) is 5.10 Å². The van der Waals surface area contributed by atoms with Crippen molar-refractivity contribution in [1.82, 2.24) is 10.3 Å². The van der Waals surface area contributed by atoms with Gasteiger partial charge in [-0.15, -0.1) is 0 Å². The summed E-state index contributed by atoms with van der Waals surface area (Å²) < 4.78 is 0. The third-order valence-electron chi connectivity index (χ3n) is 4.67. The van der Waals surface area contributed by atoms with E-state index < -0.39 is 4.92 Å². The van der Waals surface area contributed by atoms with Crippen LogP contribution in [0, 0.1) is 10.1 Å². The zero-order valence-corrected chi connectivity index (χ0v) is 15.7. The molecule has 0 aromatic heterocycles. The molecule has 0 spiro atoms. The molecule has 3 rings (SSSR count). The molecule has 0 aliphatic carbocycles. The van der Waals surface area contributed by atoms with Crippen molar-refractivity contribution < 1.29 is 9.72 Å². The Balaban J connectivity index is 1.73. The summed E-state index contributed by atoms with van der Waals surface area (Å²) in [7, 11) is 2.07. The van der Waals surface area contributed by atoms with Crippen LogP contribution < -0.4 is 10.3 Å². The van der Waals surface area contributed by atoms with E-state index in [1.807, 2.05) is 30.3 Å². The van der Waals surface area contributed by atoms with E-state index in [1.165, 1.54) is 18.3 Å². The van der Waals surface area contributed by atoms with Crippen molar-refractivity contribution in [3.63, 3.8) is 0 Å². The minimum atomic E-state index is -0.431. The Labute approximate surface area is 163 Å². The Bertz CT molecular complexity index is 861. The minimum Gasteiger partial charge on any atom is -0.368 e. The van der Waals surface area contributed by atoms with Gasteiger partial charge < -0.3 is 9.80 Å². The number of non-ortho nitro benzene ring substituents is 1. The number of hydrogen-bond acceptors (Lipinski definition) is 6. The monoisotopic (exact) mass is 381 g/mol. The fourth-order valence-electron chi connectivity index (χ4n) is 3.09. The SMILES string of the molecule is CN1CCN(c2ccc([N+](=O)[O-])cc2C=NNC(=O)Cc2ccccc2)CC1. The normalized spacial score (nSPS) is 15.0. The summed E-state index contributed by atoms with van der Waals surface area (Å²) in [5.41, 5.74) is 4.87. The number of benzene rings is 2. The van der Waals surface area contributed by atoms with Gasteiger partial charge in [0.05, 0.1) is 17.6 Å². The Hall–Kier alpha value is -3.26. The molecule has 1 aliphatic heterocycles. The molecular weight excluding hydrogens is 358 g/mol. The lowest BCUT2D eigenvalue weighted by Crippen LogP contribution is -2.44. The number of likely N-dealkylation sites (N-methyl/N-ethyl adjacent to an activating group) is 1. The number of nitrogens with one attached hydrogen (secondary N) is 1. The predicted octanol–water partition coefficient (Wildman–Crippen LogP) is 2.04. The molecule has 0 bridgehead atoms. The van der Waals surface area contributed by atoms with E-state index in [-0.39, 0.29) is 18.0 Å². The number of nitro benzene ring substituents is 1. The second-order valence-electron chi connectivity index (χ2n) is 6.75. The van der Waals surface area contributed by atoms with Gasteiger partial charge in [0.15, 0.2) is 0 Å². The number of amides is 1. The number of hydrogen-bond donors (Lipinski definition) is 1. The average Bonchev–Trinajstić information content (AvgIpc) is 2.69. The summed E-state index contributed by atoms with van der Waals surface area (Å²) in [6.07, 6.45) is 1.70. The van der Waals surface area contributed by atoms with Crippen LogP contribution in [0.3, 0.4) is 0 Å². The molecule has 28 heavy (non-hydrogen) atoms. The van der Waals surface area contributed by atoms with Crippen LogP contribution in [0.25, 0.3) is 0 Å². The van der Waals surface area contributed by atoms with E-state index in [0.717, 1.165) is 37.4 Å². The smallest absolute Gasteiger partial charge is 0.270 e. The van der Waals surface area contributed by atoms with Gasteiger partial charge in [0.2, 0.25) is 5.91 Å². The zero-order valence-electron chi connectivity index (χ0n) is 15.7. The Morgan fingerprint density at radius 2 is 1.89 bits per heavy atom. The quantitative estimate of drug-likeness (QED) is 0.470. The van der Waals surface area contributed by atoms with Gasteiger partial charge in [-0.25, -0.2) is 5.43 Å². The van der Waals surface area contributed by atoms with Crippen LogP contribution in [0.1, 0.15) is 11.1 Å². The lowest BCUT2D eigenvalue weighted by Gasteiger charge is -2.34. The largest absolute Gasteiger partial charge is 0.368 e. The average molecular weight is 381 g/mol. The predicted molar refractivity (Wildman–Crippen MR) is 109 cm³/mol.